The predicted octanol–water partition coefficient (Wildman–Crippen LogP) is 2.00. The number of aromatic nitrogens is 4. The molecule has 1 atom stereocenters. The Morgan fingerprint density at radius 2 is 1.94 bits per heavy atom. The van der Waals surface area contributed by atoms with Crippen molar-refractivity contribution in [3.05, 3.63) is 60.2 Å². The molecule has 166 valence electrons. The first kappa shape index (κ1) is 21.4. The van der Waals surface area contributed by atoms with Crippen LogP contribution in [0.4, 0.5) is 15.9 Å². The first-order chi connectivity index (χ1) is 15.4. The Hall–Kier alpha value is -3.82. The summed E-state index contributed by atoms with van der Waals surface area (Å²) in [6.45, 7) is 5.03. The lowest BCUT2D eigenvalue weighted by Crippen LogP contribution is -2.35. The third-order valence-electron chi connectivity index (χ3n) is 5.52. The van der Waals surface area contributed by atoms with Crippen LogP contribution in [0.15, 0.2) is 43.0 Å². The molecule has 0 aliphatic carbocycles. The average molecular weight is 437 g/mol. The highest BCUT2D eigenvalue weighted by atomic mass is 19.1. The van der Waals surface area contributed by atoms with E-state index < -0.39 is 5.92 Å². The maximum atomic E-state index is 13.1. The van der Waals surface area contributed by atoms with E-state index >= 15 is 0 Å². The SMILES string of the molecule is Cc1ncn(-c2cc(NCCNC(=O)C3CC(=O)N(c4ccc(F)cc4)C3)ncn2)c1C. The van der Waals surface area contributed by atoms with Crippen molar-refractivity contribution in [1.82, 2.24) is 24.8 Å². The molecule has 32 heavy (non-hydrogen) atoms. The molecule has 10 heteroatoms. The van der Waals surface area contributed by atoms with E-state index in [4.69, 9.17) is 0 Å². The molecule has 1 unspecified atom stereocenters. The van der Waals surface area contributed by atoms with E-state index in [0.29, 0.717) is 30.4 Å². The van der Waals surface area contributed by atoms with Gasteiger partial charge in [0.2, 0.25) is 11.8 Å². The smallest absolute Gasteiger partial charge is 0.227 e. The van der Waals surface area contributed by atoms with Gasteiger partial charge in [-0.15, -0.1) is 0 Å². The van der Waals surface area contributed by atoms with Crippen LogP contribution < -0.4 is 15.5 Å². The van der Waals surface area contributed by atoms with Crippen LogP contribution in [0.3, 0.4) is 0 Å². The van der Waals surface area contributed by atoms with Crippen molar-refractivity contribution in [2.24, 2.45) is 5.92 Å². The van der Waals surface area contributed by atoms with Crippen molar-refractivity contribution in [3.8, 4) is 5.82 Å². The van der Waals surface area contributed by atoms with Gasteiger partial charge in [0.05, 0.1) is 11.6 Å². The number of amides is 2. The topological polar surface area (TPSA) is 105 Å². The molecule has 1 aromatic carbocycles. The molecule has 1 saturated heterocycles. The van der Waals surface area contributed by atoms with Crippen molar-refractivity contribution in [3.63, 3.8) is 0 Å². The van der Waals surface area contributed by atoms with Crippen molar-refractivity contribution in [2.45, 2.75) is 20.3 Å². The third kappa shape index (κ3) is 4.58. The van der Waals surface area contributed by atoms with Gasteiger partial charge in [-0.05, 0) is 38.1 Å². The Morgan fingerprint density at radius 1 is 1.16 bits per heavy atom. The predicted molar refractivity (Wildman–Crippen MR) is 117 cm³/mol. The molecule has 0 radical (unpaired) electrons. The summed E-state index contributed by atoms with van der Waals surface area (Å²) in [7, 11) is 0. The highest BCUT2D eigenvalue weighted by Gasteiger charge is 2.34. The standard InChI is InChI=1S/C22H24FN7O2/c1-14-15(2)30(13-28-14)20-10-19(26-12-27-20)24-7-8-25-22(32)16-9-21(31)29(11-16)18-5-3-17(23)4-6-18/h3-6,10,12-13,16H,7-9,11H2,1-2H3,(H,25,32)(H,24,26,27). The van der Waals surface area contributed by atoms with Gasteiger partial charge in [0.15, 0.2) is 0 Å². The Kier molecular flexibility index (Phi) is 6.11. The zero-order valence-electron chi connectivity index (χ0n) is 17.9. The molecule has 0 spiro atoms. The lowest BCUT2D eigenvalue weighted by Gasteiger charge is -2.16. The molecule has 1 aliphatic rings. The van der Waals surface area contributed by atoms with Gasteiger partial charge in [-0.3, -0.25) is 14.2 Å². The first-order valence-electron chi connectivity index (χ1n) is 10.3. The second-order valence-electron chi connectivity index (χ2n) is 7.65. The molecular weight excluding hydrogens is 413 g/mol. The maximum absolute atomic E-state index is 13.1. The van der Waals surface area contributed by atoms with Crippen LogP contribution in [0.25, 0.3) is 5.82 Å². The van der Waals surface area contributed by atoms with Crippen LogP contribution in [0, 0.1) is 25.6 Å². The molecule has 0 bridgehead atoms. The molecule has 2 aromatic heterocycles. The summed E-state index contributed by atoms with van der Waals surface area (Å²) in [4.78, 5) is 39.1. The van der Waals surface area contributed by atoms with Gasteiger partial charge in [0, 0.05) is 43.5 Å². The summed E-state index contributed by atoms with van der Waals surface area (Å²) < 4.78 is 15.0. The van der Waals surface area contributed by atoms with Gasteiger partial charge < -0.3 is 15.5 Å². The van der Waals surface area contributed by atoms with Gasteiger partial charge in [-0.2, -0.15) is 0 Å². The molecule has 9 nitrogen and oxygen atoms in total. The van der Waals surface area contributed by atoms with Gasteiger partial charge in [-0.25, -0.2) is 19.3 Å². The van der Waals surface area contributed by atoms with Gasteiger partial charge in [-0.1, -0.05) is 0 Å². The number of nitrogens with one attached hydrogen (secondary N) is 2. The second kappa shape index (κ2) is 9.13. The van der Waals surface area contributed by atoms with Crippen LogP contribution in [-0.4, -0.2) is 51.0 Å². The largest absolute Gasteiger partial charge is 0.368 e. The molecule has 1 fully saturated rings. The number of anilines is 2. The van der Waals surface area contributed by atoms with Crippen molar-refractivity contribution >= 4 is 23.3 Å². The zero-order valence-corrected chi connectivity index (χ0v) is 17.9. The fourth-order valence-corrected chi connectivity index (χ4v) is 3.58. The van der Waals surface area contributed by atoms with E-state index in [1.807, 2.05) is 24.5 Å². The number of halogens is 1. The van der Waals surface area contributed by atoms with Gasteiger partial charge in [0.1, 0.15) is 30.1 Å². The van der Waals surface area contributed by atoms with E-state index in [2.05, 4.69) is 25.6 Å². The Labute approximate surface area is 184 Å². The van der Waals surface area contributed by atoms with E-state index in [1.54, 1.807) is 18.5 Å². The number of rotatable bonds is 7. The summed E-state index contributed by atoms with van der Waals surface area (Å²) >= 11 is 0. The fourth-order valence-electron chi connectivity index (χ4n) is 3.58. The number of hydrogen-bond acceptors (Lipinski definition) is 6. The number of nitrogens with zero attached hydrogens (tertiary/aromatic N) is 5. The Morgan fingerprint density at radius 3 is 2.66 bits per heavy atom. The van der Waals surface area contributed by atoms with Crippen LogP contribution in [0.5, 0.6) is 0 Å². The lowest BCUT2D eigenvalue weighted by atomic mass is 10.1. The Bertz CT molecular complexity index is 1130. The highest BCUT2D eigenvalue weighted by Crippen LogP contribution is 2.25. The number of carbonyl (C=O) groups is 2. The zero-order chi connectivity index (χ0) is 22.7. The molecule has 0 saturated carbocycles. The molecular formula is C22H24FN7O2. The minimum Gasteiger partial charge on any atom is -0.368 e. The van der Waals surface area contributed by atoms with Gasteiger partial charge >= 0.3 is 0 Å². The highest BCUT2D eigenvalue weighted by molar-refractivity contribution is 6.00. The number of hydrogen-bond donors (Lipinski definition) is 2. The fraction of sp³-hybridized carbons (Fsp3) is 0.318. The minimum atomic E-state index is -0.439. The van der Waals surface area contributed by atoms with Crippen LogP contribution >= 0.6 is 0 Å². The maximum Gasteiger partial charge on any atom is 0.227 e. The van der Waals surface area contributed by atoms with E-state index in [1.165, 1.54) is 23.4 Å². The number of carbonyl (C=O) groups excluding carboxylic acids is 2. The second-order valence-corrected chi connectivity index (χ2v) is 7.65. The van der Waals surface area contributed by atoms with Crippen molar-refractivity contribution in [2.75, 3.05) is 29.9 Å². The van der Waals surface area contributed by atoms with E-state index in [-0.39, 0.29) is 30.6 Å². The molecule has 1 aliphatic heterocycles. The average Bonchev–Trinajstić information content (AvgIpc) is 3.34. The third-order valence-corrected chi connectivity index (χ3v) is 5.52. The molecule has 3 aromatic rings. The summed E-state index contributed by atoms with van der Waals surface area (Å²) in [5.41, 5.74) is 2.53. The summed E-state index contributed by atoms with van der Waals surface area (Å²) in [5.74, 6) is 0.202. The van der Waals surface area contributed by atoms with Crippen molar-refractivity contribution in [1.29, 1.82) is 0 Å². The van der Waals surface area contributed by atoms with Crippen molar-refractivity contribution < 1.29 is 14.0 Å². The summed E-state index contributed by atoms with van der Waals surface area (Å²) in [5, 5.41) is 6.02. The summed E-state index contributed by atoms with van der Waals surface area (Å²) in [6.07, 6.45) is 3.32. The van der Waals surface area contributed by atoms with Crippen LogP contribution in [0.1, 0.15) is 17.8 Å². The van der Waals surface area contributed by atoms with Crippen LogP contribution in [-0.2, 0) is 9.59 Å². The van der Waals surface area contributed by atoms with Crippen LogP contribution in [0.2, 0.25) is 0 Å². The number of aryl methyl sites for hydroxylation is 1. The number of imidazole rings is 1. The lowest BCUT2D eigenvalue weighted by molar-refractivity contribution is -0.126. The first-order valence-corrected chi connectivity index (χ1v) is 10.3. The Balaban J connectivity index is 1.27. The molecule has 4 rings (SSSR count). The summed E-state index contributed by atoms with van der Waals surface area (Å²) in [6, 6.07) is 7.50. The molecule has 3 heterocycles. The normalized spacial score (nSPS) is 15.8. The van der Waals surface area contributed by atoms with E-state index in [0.717, 1.165) is 11.4 Å². The number of benzene rings is 1. The molecule has 2 N–H and O–H groups in total. The van der Waals surface area contributed by atoms with Gasteiger partial charge in [0.25, 0.3) is 0 Å². The minimum absolute atomic E-state index is 0.135. The van der Waals surface area contributed by atoms with E-state index in [9.17, 15) is 14.0 Å². The molecule has 2 amide bonds. The quantitative estimate of drug-likeness (QED) is 0.548. The monoisotopic (exact) mass is 437 g/mol.